The van der Waals surface area contributed by atoms with Gasteiger partial charge in [-0.05, 0) is 33.8 Å². The lowest BCUT2D eigenvalue weighted by Crippen LogP contribution is -2.25. The van der Waals surface area contributed by atoms with Crippen LogP contribution in [-0.4, -0.2) is 25.6 Å². The van der Waals surface area contributed by atoms with Crippen LogP contribution >= 0.6 is 0 Å². The van der Waals surface area contributed by atoms with Gasteiger partial charge < -0.3 is 5.32 Å². The van der Waals surface area contributed by atoms with Gasteiger partial charge in [-0.25, -0.2) is 4.68 Å². The third-order valence-corrected chi connectivity index (χ3v) is 2.92. The average molecular weight is 275 g/mol. The molecule has 0 saturated heterocycles. The van der Waals surface area contributed by atoms with Gasteiger partial charge in [-0.15, -0.1) is 0 Å². The van der Waals surface area contributed by atoms with Gasteiger partial charge in [0.1, 0.15) is 0 Å². The molecule has 0 aliphatic rings. The van der Waals surface area contributed by atoms with E-state index in [1.807, 2.05) is 38.4 Å². The molecule has 0 spiro atoms. The van der Waals surface area contributed by atoms with Gasteiger partial charge >= 0.3 is 0 Å². The van der Waals surface area contributed by atoms with Crippen molar-refractivity contribution in [2.75, 3.05) is 5.32 Å². The monoisotopic (exact) mass is 275 g/mol. The van der Waals surface area contributed by atoms with E-state index in [1.165, 1.54) is 4.68 Å². The van der Waals surface area contributed by atoms with Gasteiger partial charge in [-0.3, -0.25) is 9.48 Å². The Hall–Kier alpha value is -2.11. The smallest absolute Gasteiger partial charge is 0.269 e. The van der Waals surface area contributed by atoms with E-state index in [9.17, 15) is 4.79 Å². The number of nitrogens with one attached hydrogen (secondary N) is 1. The van der Waals surface area contributed by atoms with Crippen molar-refractivity contribution in [1.29, 1.82) is 0 Å². The minimum atomic E-state index is -0.114. The highest BCUT2D eigenvalue weighted by Crippen LogP contribution is 2.06. The van der Waals surface area contributed by atoms with Crippen LogP contribution in [0.5, 0.6) is 0 Å². The highest BCUT2D eigenvalue weighted by Gasteiger charge is 2.07. The molecule has 2 aromatic heterocycles. The molecule has 0 radical (unpaired) electrons. The molecule has 2 rings (SSSR count). The van der Waals surface area contributed by atoms with Crippen molar-refractivity contribution >= 4 is 5.69 Å². The summed E-state index contributed by atoms with van der Waals surface area (Å²) in [4.78, 5) is 12.1. The van der Waals surface area contributed by atoms with Crippen LogP contribution in [0.4, 0.5) is 5.69 Å². The Bertz CT molecular complexity index is 641. The molecule has 2 heterocycles. The molecule has 0 unspecified atom stereocenters. The molecule has 0 amide bonds. The van der Waals surface area contributed by atoms with E-state index in [-0.39, 0.29) is 11.6 Å². The minimum absolute atomic E-state index is 0.114. The van der Waals surface area contributed by atoms with Crippen molar-refractivity contribution < 1.29 is 0 Å². The summed E-state index contributed by atoms with van der Waals surface area (Å²) in [5.74, 6) is 0. The third kappa shape index (κ3) is 3.26. The van der Waals surface area contributed by atoms with Crippen LogP contribution in [0, 0.1) is 6.92 Å². The van der Waals surface area contributed by atoms with Crippen LogP contribution in [0.3, 0.4) is 0 Å². The van der Waals surface area contributed by atoms with Gasteiger partial charge in [0.05, 0.1) is 29.8 Å². The summed E-state index contributed by atoms with van der Waals surface area (Å²) < 4.78 is 3.35. The van der Waals surface area contributed by atoms with Gasteiger partial charge in [-0.2, -0.15) is 10.2 Å². The molecule has 0 aliphatic heterocycles. The van der Waals surface area contributed by atoms with Crippen LogP contribution < -0.4 is 10.9 Å². The first-order chi connectivity index (χ1) is 9.49. The number of anilines is 1. The zero-order valence-electron chi connectivity index (χ0n) is 12.4. The molecule has 2 aromatic rings. The molecule has 0 aliphatic carbocycles. The number of aryl methyl sites for hydroxylation is 2. The Morgan fingerprint density at radius 3 is 2.65 bits per heavy atom. The molecule has 6 nitrogen and oxygen atoms in total. The van der Waals surface area contributed by atoms with Crippen molar-refractivity contribution in [2.45, 2.75) is 46.8 Å². The Morgan fingerprint density at radius 1 is 1.30 bits per heavy atom. The van der Waals surface area contributed by atoms with Gasteiger partial charge in [0.2, 0.25) is 0 Å². The molecule has 108 valence electrons. The maximum absolute atomic E-state index is 12.1. The van der Waals surface area contributed by atoms with Gasteiger partial charge in [-0.1, -0.05) is 0 Å². The number of nitrogens with zero attached hydrogens (tertiary/aromatic N) is 4. The number of rotatable bonds is 5. The van der Waals surface area contributed by atoms with Crippen LogP contribution in [0.25, 0.3) is 0 Å². The van der Waals surface area contributed by atoms with Gasteiger partial charge in [0.15, 0.2) is 0 Å². The molecule has 0 fully saturated rings. The fraction of sp³-hybridized carbons (Fsp3) is 0.500. The maximum Gasteiger partial charge on any atom is 0.269 e. The van der Waals surface area contributed by atoms with Crippen molar-refractivity contribution in [3.05, 3.63) is 40.1 Å². The summed E-state index contributed by atoms with van der Waals surface area (Å²) in [6.45, 7) is 9.24. The molecule has 1 N–H and O–H groups in total. The van der Waals surface area contributed by atoms with Gasteiger partial charge in [0.25, 0.3) is 5.56 Å². The summed E-state index contributed by atoms with van der Waals surface area (Å²) in [6.07, 6.45) is 1.68. The van der Waals surface area contributed by atoms with E-state index in [0.29, 0.717) is 6.54 Å². The van der Waals surface area contributed by atoms with E-state index in [1.54, 1.807) is 12.3 Å². The fourth-order valence-corrected chi connectivity index (χ4v) is 2.12. The second kappa shape index (κ2) is 5.90. The quantitative estimate of drug-likeness (QED) is 0.901. The maximum atomic E-state index is 12.1. The first kappa shape index (κ1) is 14.3. The predicted octanol–water partition coefficient (Wildman–Crippen LogP) is 1.64. The average Bonchev–Trinajstić information content (AvgIpc) is 2.72. The SMILES string of the molecule is CCn1nc(C)cc1Cn1ncc(NC(C)C)cc1=O. The van der Waals surface area contributed by atoms with Crippen LogP contribution in [-0.2, 0) is 13.1 Å². The Kier molecular flexibility index (Phi) is 4.22. The second-order valence-corrected chi connectivity index (χ2v) is 5.13. The Balaban J connectivity index is 2.23. The molecule has 0 atom stereocenters. The molecule has 0 saturated carbocycles. The highest BCUT2D eigenvalue weighted by atomic mass is 16.1. The lowest BCUT2D eigenvalue weighted by Gasteiger charge is -2.11. The summed E-state index contributed by atoms with van der Waals surface area (Å²) >= 11 is 0. The van der Waals surface area contributed by atoms with E-state index < -0.39 is 0 Å². The van der Waals surface area contributed by atoms with Gasteiger partial charge in [0, 0.05) is 18.7 Å². The number of hydrogen-bond donors (Lipinski definition) is 1. The number of hydrogen-bond acceptors (Lipinski definition) is 4. The Morgan fingerprint density at radius 2 is 2.05 bits per heavy atom. The largest absolute Gasteiger partial charge is 0.381 e. The van der Waals surface area contributed by atoms with Crippen LogP contribution in [0.2, 0.25) is 0 Å². The minimum Gasteiger partial charge on any atom is -0.381 e. The van der Waals surface area contributed by atoms with Crippen molar-refractivity contribution in [3.63, 3.8) is 0 Å². The molecular weight excluding hydrogens is 254 g/mol. The zero-order chi connectivity index (χ0) is 14.7. The molecule has 0 bridgehead atoms. The summed E-state index contributed by atoms with van der Waals surface area (Å²) in [5.41, 5.74) is 2.58. The van der Waals surface area contributed by atoms with Crippen molar-refractivity contribution in [1.82, 2.24) is 19.6 Å². The lowest BCUT2D eigenvalue weighted by molar-refractivity contribution is 0.559. The summed E-state index contributed by atoms with van der Waals surface area (Å²) in [7, 11) is 0. The number of aromatic nitrogens is 4. The standard InChI is InChI=1S/C14H21N5O/c1-5-18-13(6-11(4)17-18)9-19-14(20)7-12(8-15-19)16-10(2)3/h6-8,10,16H,5,9H2,1-4H3. The lowest BCUT2D eigenvalue weighted by atomic mass is 10.3. The van der Waals surface area contributed by atoms with E-state index in [4.69, 9.17) is 0 Å². The first-order valence-corrected chi connectivity index (χ1v) is 6.86. The van der Waals surface area contributed by atoms with Crippen LogP contribution in [0.15, 0.2) is 23.1 Å². The molecule has 20 heavy (non-hydrogen) atoms. The van der Waals surface area contributed by atoms with Crippen molar-refractivity contribution in [2.24, 2.45) is 0 Å². The van der Waals surface area contributed by atoms with E-state index in [2.05, 4.69) is 15.5 Å². The second-order valence-electron chi connectivity index (χ2n) is 5.13. The fourth-order valence-electron chi connectivity index (χ4n) is 2.12. The van der Waals surface area contributed by atoms with E-state index in [0.717, 1.165) is 23.6 Å². The van der Waals surface area contributed by atoms with Crippen molar-refractivity contribution in [3.8, 4) is 0 Å². The molecule has 0 aromatic carbocycles. The summed E-state index contributed by atoms with van der Waals surface area (Å²) in [5, 5.41) is 11.8. The van der Waals surface area contributed by atoms with Crippen LogP contribution in [0.1, 0.15) is 32.2 Å². The first-order valence-electron chi connectivity index (χ1n) is 6.86. The third-order valence-electron chi connectivity index (χ3n) is 2.92. The molecular formula is C14H21N5O. The zero-order valence-corrected chi connectivity index (χ0v) is 12.4. The highest BCUT2D eigenvalue weighted by molar-refractivity contribution is 5.39. The Labute approximate surface area is 118 Å². The predicted molar refractivity (Wildman–Crippen MR) is 79.0 cm³/mol. The topological polar surface area (TPSA) is 64.7 Å². The van der Waals surface area contributed by atoms with E-state index >= 15 is 0 Å². The normalized spacial score (nSPS) is 11.1. The molecule has 6 heteroatoms. The summed E-state index contributed by atoms with van der Waals surface area (Å²) in [6, 6.07) is 3.83.